The van der Waals surface area contributed by atoms with E-state index < -0.39 is 21.8 Å². The molecule has 0 aliphatic carbocycles. The van der Waals surface area contributed by atoms with Crippen LogP contribution in [0.25, 0.3) is 0 Å². The van der Waals surface area contributed by atoms with Crippen molar-refractivity contribution in [2.45, 2.75) is 33.1 Å². The van der Waals surface area contributed by atoms with E-state index in [-0.39, 0.29) is 52.8 Å². The summed E-state index contributed by atoms with van der Waals surface area (Å²) in [6.07, 6.45) is 4.08. The van der Waals surface area contributed by atoms with E-state index in [4.69, 9.17) is 0 Å². The van der Waals surface area contributed by atoms with Gasteiger partial charge in [0.15, 0.2) is 0 Å². The van der Waals surface area contributed by atoms with Gasteiger partial charge < -0.3 is 53.2 Å². The molecule has 0 atom stereocenters. The standard InChI is InChI=1S/C5H12.3BF4.K.H/c1-3-5-4-2;3*2-1(3,4)5;;/h3-5H2,1-2H3;;;;;/q;3*-1;+1;-1. The molecule has 0 N–H and O–H groups in total. The van der Waals surface area contributed by atoms with Crippen molar-refractivity contribution in [2.24, 2.45) is 0 Å². The van der Waals surface area contributed by atoms with Gasteiger partial charge >= 0.3 is 73.1 Å². The van der Waals surface area contributed by atoms with Gasteiger partial charge in [-0.15, -0.1) is 0 Å². The van der Waals surface area contributed by atoms with E-state index in [1.54, 1.807) is 0 Å². The third kappa shape index (κ3) is 846. The average molecular weight is 373 g/mol. The van der Waals surface area contributed by atoms with Gasteiger partial charge in [0, 0.05) is 0 Å². The van der Waals surface area contributed by atoms with Crippen molar-refractivity contribution in [3.05, 3.63) is 0 Å². The molecular weight excluding hydrogens is 360 g/mol. The number of unbranched alkanes of at least 4 members (excludes halogenated alkanes) is 2. The summed E-state index contributed by atoms with van der Waals surface area (Å²) in [6.45, 7) is 4.42. The second kappa shape index (κ2) is 17.3. The topological polar surface area (TPSA) is 0 Å². The van der Waals surface area contributed by atoms with Crippen LogP contribution in [0, 0.1) is 0 Å². The Labute approximate surface area is 158 Å². The van der Waals surface area contributed by atoms with Gasteiger partial charge in [0.25, 0.3) is 0 Å². The molecule has 0 saturated heterocycles. The van der Waals surface area contributed by atoms with Crippen molar-refractivity contribution < 1.29 is 105 Å². The maximum atomic E-state index is 9.75. The fourth-order valence-corrected chi connectivity index (χ4v) is 0.354. The Kier molecular flexibility index (Phi) is 27.7. The molecule has 0 bridgehead atoms. The van der Waals surface area contributed by atoms with Gasteiger partial charge in [-0.05, 0) is 0 Å². The Morgan fingerprint density at radius 2 is 0.619 bits per heavy atom. The first-order chi connectivity index (χ1) is 8.41. The van der Waals surface area contributed by atoms with Crippen LogP contribution in [0.2, 0.25) is 0 Å². The SMILES string of the molecule is CCCCC.F[B-](F)(F)F.F[B-](F)(F)F.F[B-](F)(F)F.[H-].[K+]. The second-order valence-electron chi connectivity index (χ2n) is 2.84. The summed E-state index contributed by atoms with van der Waals surface area (Å²) in [4.78, 5) is 0. The van der Waals surface area contributed by atoms with Gasteiger partial charge in [0.1, 0.15) is 0 Å². The van der Waals surface area contributed by atoms with Crippen LogP contribution >= 0.6 is 0 Å². The first-order valence-corrected chi connectivity index (χ1v) is 5.03. The molecule has 0 nitrogen and oxygen atoms in total. The summed E-state index contributed by atoms with van der Waals surface area (Å²) in [5.41, 5.74) is 0. The Bertz CT molecular complexity index is 146. The fourth-order valence-electron chi connectivity index (χ4n) is 0.354. The Balaban J connectivity index is -0.0000000376. The van der Waals surface area contributed by atoms with Crippen molar-refractivity contribution in [2.75, 3.05) is 0 Å². The minimum absolute atomic E-state index is 0. The molecule has 0 unspecified atom stereocenters. The van der Waals surface area contributed by atoms with E-state index in [9.17, 15) is 51.8 Å². The summed E-state index contributed by atoms with van der Waals surface area (Å²) in [5.74, 6) is 0. The van der Waals surface area contributed by atoms with E-state index in [0.717, 1.165) is 0 Å². The number of halogens is 12. The third-order valence-electron chi connectivity index (χ3n) is 0.707. The number of hydrogen-bond donors (Lipinski definition) is 0. The van der Waals surface area contributed by atoms with Crippen LogP contribution in [0.5, 0.6) is 0 Å². The number of hydrogen-bond acceptors (Lipinski definition) is 0. The van der Waals surface area contributed by atoms with Crippen molar-refractivity contribution >= 4 is 21.8 Å². The zero-order chi connectivity index (χ0) is 17.6. The molecule has 0 saturated carbocycles. The summed E-state index contributed by atoms with van der Waals surface area (Å²) < 4.78 is 117. The molecule has 0 spiro atoms. The second-order valence-corrected chi connectivity index (χ2v) is 2.84. The Morgan fingerprint density at radius 3 is 0.619 bits per heavy atom. The van der Waals surface area contributed by atoms with Gasteiger partial charge in [-0.25, -0.2) is 0 Å². The maximum Gasteiger partial charge on any atom is 1.00 e. The third-order valence-corrected chi connectivity index (χ3v) is 0.707. The molecule has 130 valence electrons. The van der Waals surface area contributed by atoms with Gasteiger partial charge in [-0.1, -0.05) is 33.1 Å². The van der Waals surface area contributed by atoms with Crippen molar-refractivity contribution in [3.8, 4) is 0 Å². The molecule has 0 fully saturated rings. The van der Waals surface area contributed by atoms with Crippen LogP contribution in [-0.4, -0.2) is 21.8 Å². The minimum Gasteiger partial charge on any atom is -1.00 e. The Hall–Kier alpha value is 0.991. The van der Waals surface area contributed by atoms with Gasteiger partial charge in [-0.2, -0.15) is 0 Å². The molecule has 0 aliphatic heterocycles. The summed E-state index contributed by atoms with van der Waals surface area (Å²) in [5, 5.41) is 0. The zero-order valence-electron chi connectivity index (χ0n) is 12.4. The van der Waals surface area contributed by atoms with E-state index in [0.29, 0.717) is 0 Å². The van der Waals surface area contributed by atoms with Crippen molar-refractivity contribution in [1.82, 2.24) is 0 Å². The predicted molar refractivity (Wildman–Crippen MR) is 56.9 cm³/mol. The van der Waals surface area contributed by atoms with Gasteiger partial charge in [0.2, 0.25) is 0 Å². The van der Waals surface area contributed by atoms with Crippen LogP contribution < -0.4 is 51.4 Å². The smallest absolute Gasteiger partial charge is 1.00 e. The zero-order valence-corrected chi connectivity index (χ0v) is 14.5. The molecular formula is C5H13B3F12K-3. The molecule has 0 radical (unpaired) electrons. The molecule has 16 heteroatoms. The summed E-state index contributed by atoms with van der Waals surface area (Å²) >= 11 is 0. The molecule has 0 aliphatic rings. The molecule has 21 heavy (non-hydrogen) atoms. The van der Waals surface area contributed by atoms with Gasteiger partial charge in [0.05, 0.1) is 0 Å². The maximum absolute atomic E-state index is 9.75. The van der Waals surface area contributed by atoms with Gasteiger partial charge in [-0.3, -0.25) is 0 Å². The predicted octanol–water partition coefficient (Wildman–Crippen LogP) is 3.21. The van der Waals surface area contributed by atoms with Crippen LogP contribution in [0.4, 0.5) is 51.8 Å². The first kappa shape index (κ1) is 33.6. The molecule has 0 heterocycles. The van der Waals surface area contributed by atoms with Crippen molar-refractivity contribution in [1.29, 1.82) is 0 Å². The van der Waals surface area contributed by atoms with E-state index in [1.807, 2.05) is 0 Å². The fraction of sp³-hybridized carbons (Fsp3) is 1.00. The van der Waals surface area contributed by atoms with E-state index in [2.05, 4.69) is 13.8 Å². The monoisotopic (exact) mass is 373 g/mol. The molecule has 0 rings (SSSR count). The summed E-state index contributed by atoms with van der Waals surface area (Å²) in [7, 11) is -18.0. The molecule has 0 aromatic heterocycles. The van der Waals surface area contributed by atoms with Crippen LogP contribution in [-0.2, 0) is 0 Å². The average Bonchev–Trinajstić information content (AvgIpc) is 1.94. The summed E-state index contributed by atoms with van der Waals surface area (Å²) in [6, 6.07) is 0. The van der Waals surface area contributed by atoms with E-state index >= 15 is 0 Å². The normalized spacial score (nSPS) is 10.6. The molecule has 0 aromatic carbocycles. The van der Waals surface area contributed by atoms with E-state index in [1.165, 1.54) is 19.3 Å². The quantitative estimate of drug-likeness (QED) is 0.516. The first-order valence-electron chi connectivity index (χ1n) is 5.03. The largest absolute Gasteiger partial charge is 1.00 e. The van der Waals surface area contributed by atoms with Crippen LogP contribution in [0.3, 0.4) is 0 Å². The molecule has 0 amide bonds. The number of rotatable bonds is 2. The molecule has 0 aromatic rings. The van der Waals surface area contributed by atoms with Crippen molar-refractivity contribution in [3.63, 3.8) is 0 Å². The van der Waals surface area contributed by atoms with Crippen LogP contribution in [0.1, 0.15) is 34.5 Å². The Morgan fingerprint density at radius 1 is 0.524 bits per heavy atom. The minimum atomic E-state index is -6.00. The van der Waals surface area contributed by atoms with Crippen LogP contribution in [0.15, 0.2) is 0 Å².